The first-order chi connectivity index (χ1) is 4.20. The molecule has 54 valence electrons. The first-order valence-electron chi connectivity index (χ1n) is 3.28. The topological polar surface area (TPSA) is 29.3 Å². The van der Waals surface area contributed by atoms with Crippen LogP contribution in [0.4, 0.5) is 4.39 Å². The van der Waals surface area contributed by atoms with Gasteiger partial charge in [-0.25, -0.2) is 4.39 Å². The zero-order valence-corrected chi connectivity index (χ0v) is 5.68. The number of likely N-dealkylation sites (N-methyl/N-ethyl adjacent to an activating group) is 1. The molecule has 0 aromatic carbocycles. The second-order valence-corrected chi connectivity index (χ2v) is 2.73. The molecular weight excluding hydrogens is 119 g/mol. The molecule has 1 saturated heterocycles. The van der Waals surface area contributed by atoms with Gasteiger partial charge in [-0.05, 0) is 13.5 Å². The lowest BCUT2D eigenvalue weighted by Gasteiger charge is -2.29. The summed E-state index contributed by atoms with van der Waals surface area (Å²) in [7, 11) is 1.96. The maximum absolute atomic E-state index is 12.6. The summed E-state index contributed by atoms with van der Waals surface area (Å²) in [6.45, 7) is 1.54. The molecule has 1 aliphatic rings. The highest BCUT2D eigenvalue weighted by Gasteiger charge is 2.23. The summed E-state index contributed by atoms with van der Waals surface area (Å²) < 4.78 is 12.6. The van der Waals surface area contributed by atoms with E-state index in [9.17, 15) is 4.39 Å². The van der Waals surface area contributed by atoms with Crippen LogP contribution in [0.2, 0.25) is 0 Å². The van der Waals surface area contributed by atoms with Crippen molar-refractivity contribution in [1.82, 2.24) is 4.90 Å². The molecule has 2 N–H and O–H groups in total. The van der Waals surface area contributed by atoms with Gasteiger partial charge in [0, 0.05) is 19.1 Å². The van der Waals surface area contributed by atoms with Crippen molar-refractivity contribution in [3.05, 3.63) is 0 Å². The summed E-state index contributed by atoms with van der Waals surface area (Å²) in [6.07, 6.45) is -0.182. The van der Waals surface area contributed by atoms with E-state index in [4.69, 9.17) is 5.73 Å². The van der Waals surface area contributed by atoms with E-state index in [0.29, 0.717) is 13.0 Å². The SMILES string of the molecule is CN1CCC(F)C(N)C1. The van der Waals surface area contributed by atoms with Crippen LogP contribution < -0.4 is 5.73 Å². The van der Waals surface area contributed by atoms with Gasteiger partial charge in [-0.2, -0.15) is 0 Å². The maximum atomic E-state index is 12.6. The molecule has 0 aliphatic carbocycles. The van der Waals surface area contributed by atoms with Crippen LogP contribution in [-0.4, -0.2) is 37.3 Å². The largest absolute Gasteiger partial charge is 0.324 e. The average molecular weight is 132 g/mol. The molecule has 0 aromatic rings. The van der Waals surface area contributed by atoms with Crippen molar-refractivity contribution in [2.45, 2.75) is 18.6 Å². The summed E-state index contributed by atoms with van der Waals surface area (Å²) in [5.74, 6) is 0. The minimum absolute atomic E-state index is 0.260. The van der Waals surface area contributed by atoms with E-state index in [0.717, 1.165) is 6.54 Å². The number of likely N-dealkylation sites (tertiary alicyclic amines) is 1. The Morgan fingerprint density at radius 3 is 2.78 bits per heavy atom. The lowest BCUT2D eigenvalue weighted by atomic mass is 10.1. The highest BCUT2D eigenvalue weighted by molar-refractivity contribution is 4.80. The van der Waals surface area contributed by atoms with Crippen molar-refractivity contribution >= 4 is 0 Å². The van der Waals surface area contributed by atoms with Gasteiger partial charge in [-0.3, -0.25) is 0 Å². The second-order valence-electron chi connectivity index (χ2n) is 2.73. The molecule has 0 spiro atoms. The van der Waals surface area contributed by atoms with Crippen LogP contribution in [-0.2, 0) is 0 Å². The summed E-state index contributed by atoms with van der Waals surface area (Å²) in [6, 6.07) is -0.260. The van der Waals surface area contributed by atoms with Crippen molar-refractivity contribution in [2.24, 2.45) is 5.73 Å². The molecule has 0 saturated carbocycles. The van der Waals surface area contributed by atoms with Crippen LogP contribution >= 0.6 is 0 Å². The normalized spacial score (nSPS) is 39.0. The van der Waals surface area contributed by atoms with Gasteiger partial charge < -0.3 is 10.6 Å². The molecule has 3 heteroatoms. The van der Waals surface area contributed by atoms with Crippen LogP contribution in [0.15, 0.2) is 0 Å². The Bertz CT molecular complexity index is 97.1. The summed E-state index contributed by atoms with van der Waals surface area (Å²) in [5.41, 5.74) is 5.45. The molecule has 0 bridgehead atoms. The van der Waals surface area contributed by atoms with E-state index >= 15 is 0 Å². The Kier molecular flexibility index (Phi) is 2.03. The molecule has 2 atom stereocenters. The van der Waals surface area contributed by atoms with Crippen molar-refractivity contribution in [1.29, 1.82) is 0 Å². The third kappa shape index (κ3) is 1.63. The Labute approximate surface area is 54.8 Å². The summed E-state index contributed by atoms with van der Waals surface area (Å²) >= 11 is 0. The standard InChI is InChI=1S/C6H13FN2/c1-9-3-2-5(7)6(8)4-9/h5-6H,2-4,8H2,1H3. The molecule has 1 fully saturated rings. The van der Waals surface area contributed by atoms with Crippen molar-refractivity contribution < 1.29 is 4.39 Å². The third-order valence-corrected chi connectivity index (χ3v) is 1.77. The van der Waals surface area contributed by atoms with E-state index in [-0.39, 0.29) is 6.04 Å². The third-order valence-electron chi connectivity index (χ3n) is 1.77. The molecule has 2 unspecified atom stereocenters. The fourth-order valence-corrected chi connectivity index (χ4v) is 1.12. The Morgan fingerprint density at radius 2 is 2.33 bits per heavy atom. The van der Waals surface area contributed by atoms with Crippen LogP contribution in [0.25, 0.3) is 0 Å². The number of alkyl halides is 1. The zero-order valence-electron chi connectivity index (χ0n) is 5.68. The van der Waals surface area contributed by atoms with Gasteiger partial charge >= 0.3 is 0 Å². The van der Waals surface area contributed by atoms with Gasteiger partial charge in [-0.15, -0.1) is 0 Å². The number of nitrogens with zero attached hydrogens (tertiary/aromatic N) is 1. The van der Waals surface area contributed by atoms with E-state index in [1.54, 1.807) is 0 Å². The van der Waals surface area contributed by atoms with Crippen LogP contribution in [0.1, 0.15) is 6.42 Å². The lowest BCUT2D eigenvalue weighted by Crippen LogP contribution is -2.47. The van der Waals surface area contributed by atoms with Crippen LogP contribution in [0.3, 0.4) is 0 Å². The van der Waals surface area contributed by atoms with E-state index in [1.807, 2.05) is 7.05 Å². The molecule has 0 amide bonds. The van der Waals surface area contributed by atoms with Crippen molar-refractivity contribution in [3.8, 4) is 0 Å². The minimum atomic E-state index is -0.777. The van der Waals surface area contributed by atoms with E-state index in [1.165, 1.54) is 0 Å². The predicted octanol–water partition coefficient (Wildman–Crippen LogP) is -0.0127. The van der Waals surface area contributed by atoms with Gasteiger partial charge in [0.25, 0.3) is 0 Å². The van der Waals surface area contributed by atoms with Gasteiger partial charge in [-0.1, -0.05) is 0 Å². The Hall–Kier alpha value is -0.150. The number of rotatable bonds is 0. The Morgan fingerprint density at radius 1 is 1.67 bits per heavy atom. The van der Waals surface area contributed by atoms with Crippen molar-refractivity contribution in [3.63, 3.8) is 0 Å². The predicted molar refractivity (Wildman–Crippen MR) is 35.0 cm³/mol. The number of halogens is 1. The van der Waals surface area contributed by atoms with Gasteiger partial charge in [0.05, 0.1) is 0 Å². The zero-order chi connectivity index (χ0) is 6.85. The Balaban J connectivity index is 2.35. The highest BCUT2D eigenvalue weighted by atomic mass is 19.1. The molecule has 1 rings (SSSR count). The lowest BCUT2D eigenvalue weighted by molar-refractivity contribution is 0.148. The molecule has 9 heavy (non-hydrogen) atoms. The smallest absolute Gasteiger partial charge is 0.118 e. The van der Waals surface area contributed by atoms with Gasteiger partial charge in [0.15, 0.2) is 0 Å². The summed E-state index contributed by atoms with van der Waals surface area (Å²) in [5, 5.41) is 0. The second kappa shape index (κ2) is 2.62. The average Bonchev–Trinajstić information content (AvgIpc) is 1.80. The fourth-order valence-electron chi connectivity index (χ4n) is 1.12. The molecular formula is C6H13FN2. The van der Waals surface area contributed by atoms with Crippen LogP contribution in [0.5, 0.6) is 0 Å². The number of nitrogens with two attached hydrogens (primary N) is 1. The molecule has 1 aliphatic heterocycles. The van der Waals surface area contributed by atoms with Gasteiger partial charge in [0.2, 0.25) is 0 Å². The minimum Gasteiger partial charge on any atom is -0.324 e. The van der Waals surface area contributed by atoms with E-state index in [2.05, 4.69) is 4.90 Å². The molecule has 2 nitrogen and oxygen atoms in total. The molecule has 0 radical (unpaired) electrons. The summed E-state index contributed by atoms with van der Waals surface area (Å²) in [4.78, 5) is 2.06. The molecule has 0 aromatic heterocycles. The maximum Gasteiger partial charge on any atom is 0.118 e. The monoisotopic (exact) mass is 132 g/mol. The fraction of sp³-hybridized carbons (Fsp3) is 1.00. The van der Waals surface area contributed by atoms with E-state index < -0.39 is 6.17 Å². The number of hydrogen-bond acceptors (Lipinski definition) is 2. The first-order valence-corrected chi connectivity index (χ1v) is 3.28. The highest BCUT2D eigenvalue weighted by Crippen LogP contribution is 2.10. The van der Waals surface area contributed by atoms with Crippen molar-refractivity contribution in [2.75, 3.05) is 20.1 Å². The number of hydrogen-bond donors (Lipinski definition) is 1. The van der Waals surface area contributed by atoms with Crippen LogP contribution in [0, 0.1) is 0 Å². The quantitative estimate of drug-likeness (QED) is 0.502. The first kappa shape index (κ1) is 6.96. The molecule has 1 heterocycles. The number of piperidine rings is 1. The van der Waals surface area contributed by atoms with Gasteiger partial charge in [0.1, 0.15) is 6.17 Å².